The van der Waals surface area contributed by atoms with Crippen LogP contribution in [0.1, 0.15) is 25.3 Å². The lowest BCUT2D eigenvalue weighted by Gasteiger charge is -2.32. The van der Waals surface area contributed by atoms with E-state index in [4.69, 9.17) is 9.47 Å². The molecule has 1 aromatic carbocycles. The minimum absolute atomic E-state index is 0.00608. The maximum Gasteiger partial charge on any atom is 0.309 e. The molecule has 0 radical (unpaired) electrons. The number of aliphatic hydroxyl groups excluding tert-OH is 1. The van der Waals surface area contributed by atoms with E-state index < -0.39 is 6.10 Å². The van der Waals surface area contributed by atoms with Crippen molar-refractivity contribution in [2.24, 2.45) is 5.92 Å². The Morgan fingerprint density at radius 2 is 2.04 bits per heavy atom. The van der Waals surface area contributed by atoms with Gasteiger partial charge in [-0.1, -0.05) is 18.2 Å². The molecule has 1 N–H and O–H groups in total. The minimum Gasteiger partial charge on any atom is -0.491 e. The van der Waals surface area contributed by atoms with Crippen molar-refractivity contribution in [3.63, 3.8) is 0 Å². The van der Waals surface area contributed by atoms with E-state index >= 15 is 0 Å². The molecule has 2 rings (SSSR count). The molecule has 1 aliphatic rings. The number of esters is 1. The van der Waals surface area contributed by atoms with Crippen molar-refractivity contribution in [2.45, 2.75) is 32.8 Å². The van der Waals surface area contributed by atoms with Crippen LogP contribution in [-0.2, 0) is 9.53 Å². The molecule has 1 saturated heterocycles. The van der Waals surface area contributed by atoms with Crippen LogP contribution in [0.25, 0.3) is 0 Å². The van der Waals surface area contributed by atoms with Crippen LogP contribution in [0.3, 0.4) is 0 Å². The maximum absolute atomic E-state index is 11.7. The number of aliphatic hydroxyl groups is 1. The van der Waals surface area contributed by atoms with Gasteiger partial charge in [0.2, 0.25) is 0 Å². The number of carbonyl (C=O) groups excluding carboxylic acids is 1. The van der Waals surface area contributed by atoms with Gasteiger partial charge < -0.3 is 19.5 Å². The summed E-state index contributed by atoms with van der Waals surface area (Å²) < 4.78 is 10.8. The number of aryl methyl sites for hydroxylation is 1. The van der Waals surface area contributed by atoms with Gasteiger partial charge in [0.15, 0.2) is 0 Å². The summed E-state index contributed by atoms with van der Waals surface area (Å²) in [6.45, 7) is 6.73. The van der Waals surface area contributed by atoms with Gasteiger partial charge in [-0.15, -0.1) is 0 Å². The Balaban J connectivity index is 1.69. The van der Waals surface area contributed by atoms with E-state index in [9.17, 15) is 9.90 Å². The number of β-amino-alcohol motifs (C(OH)–C–C–N with tert-alkyl or cyclic N) is 1. The molecule has 5 heteroatoms. The second kappa shape index (κ2) is 8.89. The summed E-state index contributed by atoms with van der Waals surface area (Å²) in [5.74, 6) is 0.731. The Hall–Kier alpha value is -1.59. The number of carbonyl (C=O) groups is 1. The van der Waals surface area contributed by atoms with Gasteiger partial charge in [-0.25, -0.2) is 0 Å². The van der Waals surface area contributed by atoms with Gasteiger partial charge in [0, 0.05) is 6.54 Å². The predicted octanol–water partition coefficient (Wildman–Crippen LogP) is 2.01. The number of piperidine rings is 1. The van der Waals surface area contributed by atoms with Gasteiger partial charge in [-0.2, -0.15) is 0 Å². The predicted molar refractivity (Wildman–Crippen MR) is 88.5 cm³/mol. The second-order valence-corrected chi connectivity index (χ2v) is 6.06. The van der Waals surface area contributed by atoms with Crippen molar-refractivity contribution in [1.82, 2.24) is 4.90 Å². The smallest absolute Gasteiger partial charge is 0.309 e. The summed E-state index contributed by atoms with van der Waals surface area (Å²) in [5, 5.41) is 10.2. The fourth-order valence-corrected chi connectivity index (χ4v) is 2.87. The van der Waals surface area contributed by atoms with E-state index in [1.165, 1.54) is 0 Å². The number of nitrogens with zero attached hydrogens (tertiary/aromatic N) is 1. The quantitative estimate of drug-likeness (QED) is 0.779. The lowest BCUT2D eigenvalue weighted by Crippen LogP contribution is -2.42. The van der Waals surface area contributed by atoms with Gasteiger partial charge in [-0.05, 0) is 51.4 Å². The lowest BCUT2D eigenvalue weighted by atomic mass is 9.97. The molecule has 23 heavy (non-hydrogen) atoms. The van der Waals surface area contributed by atoms with Crippen LogP contribution in [0.4, 0.5) is 0 Å². The molecule has 0 spiro atoms. The number of likely N-dealkylation sites (tertiary alicyclic amines) is 1. The van der Waals surface area contributed by atoms with E-state index in [1.54, 1.807) is 0 Å². The van der Waals surface area contributed by atoms with E-state index in [1.807, 2.05) is 38.1 Å². The normalized spacial score (nSPS) is 17.7. The monoisotopic (exact) mass is 321 g/mol. The molecule has 1 atom stereocenters. The first-order valence-corrected chi connectivity index (χ1v) is 8.35. The molecule has 0 aliphatic carbocycles. The molecule has 0 saturated carbocycles. The molecule has 0 bridgehead atoms. The summed E-state index contributed by atoms with van der Waals surface area (Å²) in [4.78, 5) is 13.9. The molecule has 1 aliphatic heterocycles. The standard InChI is InChI=1S/C18H27NO4/c1-3-22-18(21)15-8-10-19(11-9-15)12-16(20)13-23-17-7-5-4-6-14(17)2/h4-7,15-16,20H,3,8-13H2,1-2H3/t16-/m1/s1. The zero-order valence-corrected chi connectivity index (χ0v) is 14.0. The molecule has 0 aromatic heterocycles. The molecular weight excluding hydrogens is 294 g/mol. The topological polar surface area (TPSA) is 59.0 Å². The summed E-state index contributed by atoms with van der Waals surface area (Å²) in [6, 6.07) is 7.79. The first kappa shape index (κ1) is 17.8. The van der Waals surface area contributed by atoms with Crippen molar-refractivity contribution < 1.29 is 19.4 Å². The van der Waals surface area contributed by atoms with Gasteiger partial charge >= 0.3 is 5.97 Å². The highest BCUT2D eigenvalue weighted by molar-refractivity contribution is 5.72. The van der Waals surface area contributed by atoms with Gasteiger partial charge in [0.1, 0.15) is 18.5 Å². The summed E-state index contributed by atoms with van der Waals surface area (Å²) in [5.41, 5.74) is 1.06. The Morgan fingerprint density at radius 3 is 2.70 bits per heavy atom. The largest absolute Gasteiger partial charge is 0.491 e. The van der Waals surface area contributed by atoms with Crippen molar-refractivity contribution in [1.29, 1.82) is 0 Å². The highest BCUT2D eigenvalue weighted by atomic mass is 16.5. The van der Waals surface area contributed by atoms with Crippen LogP contribution in [0.15, 0.2) is 24.3 Å². The van der Waals surface area contributed by atoms with Crippen LogP contribution in [0.2, 0.25) is 0 Å². The molecule has 5 nitrogen and oxygen atoms in total. The lowest BCUT2D eigenvalue weighted by molar-refractivity contribution is -0.149. The third-order valence-corrected chi connectivity index (χ3v) is 4.20. The van der Waals surface area contributed by atoms with E-state index in [0.717, 1.165) is 37.2 Å². The zero-order chi connectivity index (χ0) is 16.7. The van der Waals surface area contributed by atoms with Crippen LogP contribution < -0.4 is 4.74 Å². The minimum atomic E-state index is -0.534. The molecular formula is C18H27NO4. The van der Waals surface area contributed by atoms with Crippen molar-refractivity contribution in [3.05, 3.63) is 29.8 Å². The Labute approximate surface area is 138 Å². The molecule has 0 unspecified atom stereocenters. The number of ether oxygens (including phenoxy) is 2. The Bertz CT molecular complexity index is 498. The highest BCUT2D eigenvalue weighted by Gasteiger charge is 2.26. The first-order chi connectivity index (χ1) is 11.1. The number of para-hydroxylation sites is 1. The molecule has 0 amide bonds. The van der Waals surface area contributed by atoms with E-state index in [0.29, 0.717) is 13.2 Å². The third-order valence-electron chi connectivity index (χ3n) is 4.20. The van der Waals surface area contributed by atoms with Crippen LogP contribution in [0, 0.1) is 12.8 Å². The molecule has 1 fully saturated rings. The van der Waals surface area contributed by atoms with Crippen LogP contribution in [0.5, 0.6) is 5.75 Å². The third kappa shape index (κ3) is 5.52. The van der Waals surface area contributed by atoms with Crippen molar-refractivity contribution >= 4 is 5.97 Å². The van der Waals surface area contributed by atoms with Crippen LogP contribution in [-0.4, -0.2) is 54.9 Å². The molecule has 1 heterocycles. The van der Waals surface area contributed by atoms with Crippen LogP contribution >= 0.6 is 0 Å². The van der Waals surface area contributed by atoms with Gasteiger partial charge in [-0.3, -0.25) is 4.79 Å². The molecule has 128 valence electrons. The average Bonchev–Trinajstić information content (AvgIpc) is 2.55. The SMILES string of the molecule is CCOC(=O)C1CCN(C[C@@H](O)COc2ccccc2C)CC1. The fourth-order valence-electron chi connectivity index (χ4n) is 2.87. The zero-order valence-electron chi connectivity index (χ0n) is 14.0. The Morgan fingerprint density at radius 1 is 1.35 bits per heavy atom. The highest BCUT2D eigenvalue weighted by Crippen LogP contribution is 2.19. The van der Waals surface area contributed by atoms with E-state index in [-0.39, 0.29) is 18.5 Å². The first-order valence-electron chi connectivity index (χ1n) is 8.35. The average molecular weight is 321 g/mol. The maximum atomic E-state index is 11.7. The number of hydrogen-bond acceptors (Lipinski definition) is 5. The van der Waals surface area contributed by atoms with Gasteiger partial charge in [0.05, 0.1) is 12.5 Å². The summed E-state index contributed by atoms with van der Waals surface area (Å²) in [7, 11) is 0. The Kier molecular flexibility index (Phi) is 6.86. The number of benzene rings is 1. The number of hydrogen-bond donors (Lipinski definition) is 1. The summed E-state index contributed by atoms with van der Waals surface area (Å²) >= 11 is 0. The second-order valence-electron chi connectivity index (χ2n) is 6.06. The fraction of sp³-hybridized carbons (Fsp3) is 0.611. The van der Waals surface area contributed by atoms with E-state index in [2.05, 4.69) is 4.90 Å². The van der Waals surface area contributed by atoms with Gasteiger partial charge in [0.25, 0.3) is 0 Å². The molecule has 1 aromatic rings. The van der Waals surface area contributed by atoms with Crippen molar-refractivity contribution in [2.75, 3.05) is 32.8 Å². The number of rotatable bonds is 7. The van der Waals surface area contributed by atoms with Crippen molar-refractivity contribution in [3.8, 4) is 5.75 Å². The summed E-state index contributed by atoms with van der Waals surface area (Å²) in [6.07, 6.45) is 1.06.